The number of carbonyl (C=O) groups excluding carboxylic acids is 1. The van der Waals surface area contributed by atoms with E-state index >= 15 is 0 Å². The zero-order valence-corrected chi connectivity index (χ0v) is 12.4. The Morgan fingerprint density at radius 1 is 1.10 bits per heavy atom. The van der Waals surface area contributed by atoms with E-state index in [9.17, 15) is 9.90 Å². The van der Waals surface area contributed by atoms with Crippen LogP contribution in [-0.2, 0) is 12.8 Å². The van der Waals surface area contributed by atoms with Gasteiger partial charge in [-0.05, 0) is 55.7 Å². The van der Waals surface area contributed by atoms with Crippen molar-refractivity contribution in [3.8, 4) is 0 Å². The number of hydrogen-bond acceptors (Lipinski definition) is 2. The van der Waals surface area contributed by atoms with Gasteiger partial charge < -0.3 is 15.7 Å². The summed E-state index contributed by atoms with van der Waals surface area (Å²) >= 11 is 0. The molecule has 2 atom stereocenters. The summed E-state index contributed by atoms with van der Waals surface area (Å²) in [5, 5.41) is 15.8. The summed E-state index contributed by atoms with van der Waals surface area (Å²) in [6.07, 6.45) is 7.93. The summed E-state index contributed by atoms with van der Waals surface area (Å²) in [4.78, 5) is 12.2. The SMILES string of the molecule is O=C(Nc1cccc2c1CCCC2)NC1CCCCC1O. The van der Waals surface area contributed by atoms with Crippen LogP contribution < -0.4 is 10.6 Å². The molecule has 2 unspecified atom stereocenters. The number of hydrogen-bond donors (Lipinski definition) is 3. The highest BCUT2D eigenvalue weighted by atomic mass is 16.3. The van der Waals surface area contributed by atoms with Crippen LogP contribution in [-0.4, -0.2) is 23.3 Å². The highest BCUT2D eigenvalue weighted by Gasteiger charge is 2.24. The van der Waals surface area contributed by atoms with E-state index in [-0.39, 0.29) is 12.1 Å². The van der Waals surface area contributed by atoms with Crippen LogP contribution in [0.2, 0.25) is 0 Å². The van der Waals surface area contributed by atoms with Crippen molar-refractivity contribution < 1.29 is 9.90 Å². The number of aliphatic hydroxyl groups excluding tert-OH is 1. The molecule has 1 fully saturated rings. The summed E-state index contributed by atoms with van der Waals surface area (Å²) < 4.78 is 0. The van der Waals surface area contributed by atoms with Crippen molar-refractivity contribution in [1.82, 2.24) is 5.32 Å². The molecule has 114 valence electrons. The average molecular weight is 288 g/mol. The molecule has 2 aliphatic rings. The number of aryl methyl sites for hydroxylation is 1. The van der Waals surface area contributed by atoms with Gasteiger partial charge in [0.2, 0.25) is 0 Å². The number of benzene rings is 1. The van der Waals surface area contributed by atoms with Crippen LogP contribution in [0.1, 0.15) is 49.7 Å². The van der Waals surface area contributed by atoms with Crippen LogP contribution in [0, 0.1) is 0 Å². The zero-order valence-electron chi connectivity index (χ0n) is 12.4. The molecule has 1 aromatic rings. The quantitative estimate of drug-likeness (QED) is 0.783. The Bertz CT molecular complexity index is 516. The third-order valence-corrected chi connectivity index (χ3v) is 4.69. The average Bonchev–Trinajstić information content (AvgIpc) is 2.50. The first-order chi connectivity index (χ1) is 10.2. The highest BCUT2D eigenvalue weighted by molar-refractivity contribution is 5.90. The van der Waals surface area contributed by atoms with Crippen LogP contribution in [0.15, 0.2) is 18.2 Å². The van der Waals surface area contributed by atoms with Crippen LogP contribution in [0.25, 0.3) is 0 Å². The molecular formula is C17H24N2O2. The number of urea groups is 1. The Kier molecular flexibility index (Phi) is 4.44. The van der Waals surface area contributed by atoms with Crippen LogP contribution in [0.5, 0.6) is 0 Å². The molecule has 21 heavy (non-hydrogen) atoms. The van der Waals surface area contributed by atoms with E-state index in [1.165, 1.54) is 24.0 Å². The number of nitrogens with one attached hydrogen (secondary N) is 2. The Morgan fingerprint density at radius 3 is 2.76 bits per heavy atom. The van der Waals surface area contributed by atoms with Gasteiger partial charge in [-0.15, -0.1) is 0 Å². The lowest BCUT2D eigenvalue weighted by atomic mass is 9.90. The van der Waals surface area contributed by atoms with Gasteiger partial charge in [-0.3, -0.25) is 0 Å². The highest BCUT2D eigenvalue weighted by Crippen LogP contribution is 2.28. The fourth-order valence-electron chi connectivity index (χ4n) is 3.50. The van der Waals surface area contributed by atoms with Crippen molar-refractivity contribution in [3.63, 3.8) is 0 Å². The second-order valence-electron chi connectivity index (χ2n) is 6.21. The molecule has 0 bridgehead atoms. The lowest BCUT2D eigenvalue weighted by Gasteiger charge is -2.28. The summed E-state index contributed by atoms with van der Waals surface area (Å²) in [5.41, 5.74) is 3.56. The van der Waals surface area contributed by atoms with Crippen molar-refractivity contribution >= 4 is 11.7 Å². The molecule has 1 saturated carbocycles. The number of anilines is 1. The lowest BCUT2D eigenvalue weighted by Crippen LogP contribution is -2.46. The van der Waals surface area contributed by atoms with E-state index in [0.29, 0.717) is 0 Å². The maximum Gasteiger partial charge on any atom is 0.319 e. The van der Waals surface area contributed by atoms with Crippen LogP contribution >= 0.6 is 0 Å². The second kappa shape index (κ2) is 6.48. The molecule has 4 heteroatoms. The molecule has 0 aromatic heterocycles. The van der Waals surface area contributed by atoms with Gasteiger partial charge in [-0.1, -0.05) is 25.0 Å². The van der Waals surface area contributed by atoms with Crippen molar-refractivity contribution in [2.24, 2.45) is 0 Å². The number of fused-ring (bicyclic) bond motifs is 1. The van der Waals surface area contributed by atoms with Gasteiger partial charge in [0.05, 0.1) is 12.1 Å². The van der Waals surface area contributed by atoms with E-state index in [4.69, 9.17) is 0 Å². The minimum Gasteiger partial charge on any atom is -0.391 e. The normalized spacial score (nSPS) is 25.0. The van der Waals surface area contributed by atoms with Gasteiger partial charge in [-0.2, -0.15) is 0 Å². The summed E-state index contributed by atoms with van der Waals surface area (Å²) in [6, 6.07) is 5.83. The van der Waals surface area contributed by atoms with E-state index < -0.39 is 6.10 Å². The predicted octanol–water partition coefficient (Wildman–Crippen LogP) is 2.99. The Labute approximate surface area is 125 Å². The van der Waals surface area contributed by atoms with Gasteiger partial charge in [-0.25, -0.2) is 4.79 Å². The molecule has 2 amide bonds. The second-order valence-corrected chi connectivity index (χ2v) is 6.21. The molecule has 1 aromatic carbocycles. The molecule has 0 radical (unpaired) electrons. The fraction of sp³-hybridized carbons (Fsp3) is 0.588. The fourth-order valence-corrected chi connectivity index (χ4v) is 3.50. The molecule has 0 heterocycles. The molecule has 0 saturated heterocycles. The first-order valence-electron chi connectivity index (χ1n) is 8.10. The topological polar surface area (TPSA) is 61.4 Å². The molecule has 3 N–H and O–H groups in total. The number of rotatable bonds is 2. The number of carbonyl (C=O) groups is 1. The van der Waals surface area contributed by atoms with Crippen LogP contribution in [0.3, 0.4) is 0 Å². The van der Waals surface area contributed by atoms with Crippen molar-refractivity contribution in [2.75, 3.05) is 5.32 Å². The first kappa shape index (κ1) is 14.4. The minimum atomic E-state index is -0.408. The van der Waals surface area contributed by atoms with Crippen LogP contribution in [0.4, 0.5) is 10.5 Å². The summed E-state index contributed by atoms with van der Waals surface area (Å²) in [7, 11) is 0. The predicted molar refractivity (Wildman–Crippen MR) is 83.5 cm³/mol. The van der Waals surface area contributed by atoms with Gasteiger partial charge in [0.25, 0.3) is 0 Å². The minimum absolute atomic E-state index is 0.113. The van der Waals surface area contributed by atoms with Crippen molar-refractivity contribution in [3.05, 3.63) is 29.3 Å². The molecular weight excluding hydrogens is 264 g/mol. The standard InChI is InChI=1S/C17H24N2O2/c20-16-11-4-3-9-15(16)19-17(21)18-14-10-5-7-12-6-1-2-8-13(12)14/h5,7,10,15-16,20H,1-4,6,8-9,11H2,(H2,18,19,21). The Morgan fingerprint density at radius 2 is 1.90 bits per heavy atom. The van der Waals surface area contributed by atoms with E-state index in [1.54, 1.807) is 0 Å². The van der Waals surface area contributed by atoms with E-state index in [0.717, 1.165) is 44.2 Å². The zero-order chi connectivity index (χ0) is 14.7. The largest absolute Gasteiger partial charge is 0.391 e. The number of aliphatic hydroxyl groups is 1. The molecule has 4 nitrogen and oxygen atoms in total. The summed E-state index contributed by atoms with van der Waals surface area (Å²) in [6.45, 7) is 0. The van der Waals surface area contributed by atoms with E-state index in [2.05, 4.69) is 16.7 Å². The maximum atomic E-state index is 12.2. The van der Waals surface area contributed by atoms with Crippen molar-refractivity contribution in [1.29, 1.82) is 0 Å². The third-order valence-electron chi connectivity index (χ3n) is 4.69. The monoisotopic (exact) mass is 288 g/mol. The molecule has 0 spiro atoms. The smallest absolute Gasteiger partial charge is 0.319 e. The van der Waals surface area contributed by atoms with Gasteiger partial charge >= 0.3 is 6.03 Å². The van der Waals surface area contributed by atoms with E-state index in [1.807, 2.05) is 12.1 Å². The Hall–Kier alpha value is -1.55. The first-order valence-corrected chi connectivity index (χ1v) is 8.10. The molecule has 0 aliphatic heterocycles. The summed E-state index contributed by atoms with van der Waals surface area (Å²) in [5.74, 6) is 0. The van der Waals surface area contributed by atoms with Crippen molar-refractivity contribution in [2.45, 2.75) is 63.5 Å². The maximum absolute atomic E-state index is 12.2. The lowest BCUT2D eigenvalue weighted by molar-refractivity contribution is 0.0955. The molecule has 3 rings (SSSR count). The van der Waals surface area contributed by atoms with Gasteiger partial charge in [0.15, 0.2) is 0 Å². The number of amides is 2. The Balaban J connectivity index is 1.65. The molecule has 2 aliphatic carbocycles. The van der Waals surface area contributed by atoms with Gasteiger partial charge in [0.1, 0.15) is 0 Å². The van der Waals surface area contributed by atoms with Gasteiger partial charge in [0, 0.05) is 5.69 Å². The third kappa shape index (κ3) is 3.38.